The second kappa shape index (κ2) is 11.7. The topological polar surface area (TPSA) is 92.4 Å². The molecule has 1 heterocycles. The number of nitrogens with one attached hydrogen (secondary N) is 1. The van der Waals surface area contributed by atoms with Gasteiger partial charge in [0, 0.05) is 21.8 Å². The number of aromatic hydroxyl groups is 1. The molecule has 0 bridgehead atoms. The summed E-state index contributed by atoms with van der Waals surface area (Å²) in [6, 6.07) is 20.7. The Labute approximate surface area is 218 Å². The first-order valence-corrected chi connectivity index (χ1v) is 12.5. The molecule has 3 aromatic carbocycles. The van der Waals surface area contributed by atoms with Gasteiger partial charge in [0.2, 0.25) is 0 Å². The molecule has 0 fully saturated rings. The number of carbonyl (C=O) groups excluding carboxylic acids is 1. The highest BCUT2D eigenvalue weighted by Crippen LogP contribution is 2.29. The van der Waals surface area contributed by atoms with Crippen molar-refractivity contribution in [2.75, 3.05) is 5.75 Å². The van der Waals surface area contributed by atoms with Crippen molar-refractivity contribution in [1.82, 2.24) is 20.2 Å². The molecule has 0 aliphatic rings. The van der Waals surface area contributed by atoms with Crippen LogP contribution >= 0.6 is 23.4 Å². The maximum absolute atomic E-state index is 12.5. The number of halogens is 1. The van der Waals surface area contributed by atoms with Gasteiger partial charge in [-0.05, 0) is 49.2 Å². The van der Waals surface area contributed by atoms with E-state index < -0.39 is 0 Å². The first-order valence-electron chi connectivity index (χ1n) is 11.1. The normalized spacial score (nSPS) is 11.1. The number of hydrogen-bond donors (Lipinski definition) is 2. The number of aromatic nitrogens is 3. The van der Waals surface area contributed by atoms with Crippen LogP contribution in [0.3, 0.4) is 0 Å². The first kappa shape index (κ1) is 25.2. The summed E-state index contributed by atoms with van der Waals surface area (Å²) in [5, 5.41) is 24.2. The predicted molar refractivity (Wildman–Crippen MR) is 145 cm³/mol. The molecule has 0 unspecified atom stereocenters. The number of hydrazone groups is 1. The number of carbonyl (C=O) groups is 1. The number of benzene rings is 3. The summed E-state index contributed by atoms with van der Waals surface area (Å²) in [7, 11) is 0. The summed E-state index contributed by atoms with van der Waals surface area (Å²) in [5.74, 6) is 0.526. The molecule has 182 valence electrons. The van der Waals surface area contributed by atoms with Crippen molar-refractivity contribution >= 4 is 35.5 Å². The fourth-order valence-electron chi connectivity index (χ4n) is 3.45. The fourth-order valence-corrected chi connectivity index (χ4v) is 4.32. The lowest BCUT2D eigenvalue weighted by molar-refractivity contribution is -0.118. The minimum Gasteiger partial charge on any atom is -0.507 e. The molecule has 36 heavy (non-hydrogen) atoms. The van der Waals surface area contributed by atoms with Crippen LogP contribution in [0.15, 0.2) is 89.6 Å². The third kappa shape index (κ3) is 6.02. The molecule has 7 nitrogen and oxygen atoms in total. The summed E-state index contributed by atoms with van der Waals surface area (Å²) >= 11 is 7.33. The number of phenolic OH excluding ortho intramolecular Hbond substituents is 1. The molecule has 0 saturated carbocycles. The zero-order chi connectivity index (χ0) is 25.5. The van der Waals surface area contributed by atoms with E-state index in [1.807, 2.05) is 60.0 Å². The summed E-state index contributed by atoms with van der Waals surface area (Å²) in [4.78, 5) is 12.5. The Morgan fingerprint density at radius 3 is 2.61 bits per heavy atom. The van der Waals surface area contributed by atoms with Crippen LogP contribution in [0.4, 0.5) is 0 Å². The average molecular weight is 518 g/mol. The quantitative estimate of drug-likeness (QED) is 0.131. The van der Waals surface area contributed by atoms with Gasteiger partial charge >= 0.3 is 0 Å². The van der Waals surface area contributed by atoms with Crippen LogP contribution in [0.25, 0.3) is 17.1 Å². The monoisotopic (exact) mass is 517 g/mol. The van der Waals surface area contributed by atoms with Crippen LogP contribution in [0.2, 0.25) is 5.02 Å². The molecule has 1 amide bonds. The standard InChI is InChI=1S/C27H24ClN5O2S/c1-3-5-19-6-4-7-21(25(19)35)16-29-30-24(34)17-36-27-32-31-26(20-10-8-18(2)9-11-20)33(27)23-14-12-22(28)13-15-23/h3-4,6-16,35H,1,5,17H2,2H3,(H,30,34)/b29-16+. The van der Waals surface area contributed by atoms with Crippen molar-refractivity contribution in [2.24, 2.45) is 5.10 Å². The van der Waals surface area contributed by atoms with Crippen LogP contribution in [0.1, 0.15) is 16.7 Å². The maximum Gasteiger partial charge on any atom is 0.250 e. The van der Waals surface area contributed by atoms with Gasteiger partial charge in [0.15, 0.2) is 11.0 Å². The van der Waals surface area contributed by atoms with E-state index in [1.165, 1.54) is 18.0 Å². The van der Waals surface area contributed by atoms with Crippen LogP contribution in [0.5, 0.6) is 5.75 Å². The van der Waals surface area contributed by atoms with E-state index in [2.05, 4.69) is 27.3 Å². The molecular weight excluding hydrogens is 494 g/mol. The number of hydrogen-bond acceptors (Lipinski definition) is 6. The van der Waals surface area contributed by atoms with Gasteiger partial charge in [-0.2, -0.15) is 5.10 Å². The Balaban J connectivity index is 1.49. The lowest BCUT2D eigenvalue weighted by Gasteiger charge is -2.10. The Bertz CT molecular complexity index is 1400. The zero-order valence-corrected chi connectivity index (χ0v) is 21.1. The third-order valence-corrected chi connectivity index (χ3v) is 6.45. The van der Waals surface area contributed by atoms with Crippen molar-refractivity contribution in [3.05, 3.63) is 101 Å². The summed E-state index contributed by atoms with van der Waals surface area (Å²) in [6.07, 6.45) is 3.66. The average Bonchev–Trinajstić information content (AvgIpc) is 3.30. The van der Waals surface area contributed by atoms with Gasteiger partial charge in [0.25, 0.3) is 5.91 Å². The van der Waals surface area contributed by atoms with E-state index >= 15 is 0 Å². The molecule has 0 aliphatic carbocycles. The van der Waals surface area contributed by atoms with E-state index in [9.17, 15) is 9.90 Å². The molecule has 1 aromatic heterocycles. The second-order valence-corrected chi connectivity index (χ2v) is 9.29. The SMILES string of the molecule is C=CCc1cccc(/C=N/NC(=O)CSc2nnc(-c3ccc(C)cc3)n2-c2ccc(Cl)cc2)c1O. The lowest BCUT2D eigenvalue weighted by Crippen LogP contribution is -2.20. The molecule has 4 rings (SSSR count). The molecule has 0 saturated heterocycles. The number of phenols is 1. The third-order valence-electron chi connectivity index (χ3n) is 5.27. The molecule has 4 aromatic rings. The Kier molecular flexibility index (Phi) is 8.20. The van der Waals surface area contributed by atoms with Gasteiger partial charge < -0.3 is 5.11 Å². The van der Waals surface area contributed by atoms with Crippen LogP contribution in [0, 0.1) is 6.92 Å². The minimum absolute atomic E-state index is 0.0689. The number of aryl methyl sites for hydroxylation is 1. The molecular formula is C27H24ClN5O2S. The highest BCUT2D eigenvalue weighted by Gasteiger charge is 2.17. The Hall–Kier alpha value is -3.88. The van der Waals surface area contributed by atoms with Crippen LogP contribution < -0.4 is 5.43 Å². The largest absolute Gasteiger partial charge is 0.507 e. The van der Waals surface area contributed by atoms with Crippen molar-refractivity contribution in [3.63, 3.8) is 0 Å². The Morgan fingerprint density at radius 1 is 1.14 bits per heavy atom. The van der Waals surface area contributed by atoms with E-state index in [4.69, 9.17) is 11.6 Å². The Morgan fingerprint density at radius 2 is 1.89 bits per heavy atom. The van der Waals surface area contributed by atoms with E-state index in [-0.39, 0.29) is 17.4 Å². The number of thioether (sulfide) groups is 1. The van der Waals surface area contributed by atoms with Crippen LogP contribution in [-0.4, -0.2) is 37.7 Å². The second-order valence-electron chi connectivity index (χ2n) is 7.91. The van der Waals surface area contributed by atoms with Gasteiger partial charge in [-0.25, -0.2) is 5.43 Å². The fraction of sp³-hybridized carbons (Fsp3) is 0.111. The minimum atomic E-state index is -0.319. The summed E-state index contributed by atoms with van der Waals surface area (Å²) < 4.78 is 1.89. The van der Waals surface area contributed by atoms with Gasteiger partial charge in [-0.3, -0.25) is 9.36 Å². The van der Waals surface area contributed by atoms with Crippen LogP contribution in [-0.2, 0) is 11.2 Å². The van der Waals surface area contributed by atoms with Gasteiger partial charge in [0.05, 0.1) is 12.0 Å². The van der Waals surface area contributed by atoms with E-state index in [0.717, 1.165) is 22.4 Å². The molecule has 9 heteroatoms. The van der Waals surface area contributed by atoms with Gasteiger partial charge in [0.1, 0.15) is 5.75 Å². The van der Waals surface area contributed by atoms with Crippen molar-refractivity contribution in [3.8, 4) is 22.8 Å². The summed E-state index contributed by atoms with van der Waals surface area (Å²) in [6.45, 7) is 5.71. The molecule has 2 N–H and O–H groups in total. The van der Waals surface area contributed by atoms with Gasteiger partial charge in [-0.1, -0.05) is 71.4 Å². The van der Waals surface area contributed by atoms with Gasteiger partial charge in [-0.15, -0.1) is 16.8 Å². The predicted octanol–water partition coefficient (Wildman–Crippen LogP) is 5.57. The molecule has 0 atom stereocenters. The first-order chi connectivity index (χ1) is 17.5. The number of allylic oxidation sites excluding steroid dienone is 1. The lowest BCUT2D eigenvalue weighted by atomic mass is 10.1. The zero-order valence-electron chi connectivity index (χ0n) is 19.6. The molecule has 0 aliphatic heterocycles. The maximum atomic E-state index is 12.5. The number of amides is 1. The van der Waals surface area contributed by atoms with E-state index in [0.29, 0.717) is 28.0 Å². The number of para-hydroxylation sites is 1. The number of nitrogens with zero attached hydrogens (tertiary/aromatic N) is 4. The van der Waals surface area contributed by atoms with Crippen molar-refractivity contribution in [2.45, 2.75) is 18.5 Å². The summed E-state index contributed by atoms with van der Waals surface area (Å²) in [5.41, 5.74) is 6.62. The smallest absolute Gasteiger partial charge is 0.250 e. The van der Waals surface area contributed by atoms with Crippen molar-refractivity contribution in [1.29, 1.82) is 0 Å². The van der Waals surface area contributed by atoms with E-state index in [1.54, 1.807) is 24.3 Å². The number of rotatable bonds is 9. The molecule has 0 radical (unpaired) electrons. The van der Waals surface area contributed by atoms with Crippen molar-refractivity contribution < 1.29 is 9.90 Å². The molecule has 0 spiro atoms. The highest BCUT2D eigenvalue weighted by molar-refractivity contribution is 7.99. The highest BCUT2D eigenvalue weighted by atomic mass is 35.5.